The van der Waals surface area contributed by atoms with Crippen LogP contribution in [-0.4, -0.2) is 18.5 Å². The quantitative estimate of drug-likeness (QED) is 0.705. The fourth-order valence-electron chi connectivity index (χ4n) is 1.57. The average molecular weight is 243 g/mol. The summed E-state index contributed by atoms with van der Waals surface area (Å²) in [6, 6.07) is 7.98. The zero-order chi connectivity index (χ0) is 9.26. The lowest BCUT2D eigenvalue weighted by Crippen LogP contribution is -2.27. The van der Waals surface area contributed by atoms with E-state index in [1.165, 1.54) is 0 Å². The van der Waals surface area contributed by atoms with Gasteiger partial charge in [0.2, 0.25) is 0 Å². The lowest BCUT2D eigenvalue weighted by molar-refractivity contribution is 0.0716. The third kappa shape index (κ3) is 1.58. The van der Waals surface area contributed by atoms with E-state index >= 15 is 0 Å². The SMILES string of the molecule is COC1c2ccccc2OCC1Br. The number of methoxy groups -OCH3 is 1. The Balaban J connectivity index is 2.39. The van der Waals surface area contributed by atoms with Gasteiger partial charge in [0.25, 0.3) is 0 Å². The van der Waals surface area contributed by atoms with Gasteiger partial charge in [-0.15, -0.1) is 0 Å². The fourth-order valence-corrected chi connectivity index (χ4v) is 2.21. The van der Waals surface area contributed by atoms with Crippen LogP contribution in [-0.2, 0) is 4.74 Å². The Bertz CT molecular complexity index is 301. The van der Waals surface area contributed by atoms with E-state index in [2.05, 4.69) is 15.9 Å². The van der Waals surface area contributed by atoms with Gasteiger partial charge in [-0.05, 0) is 6.07 Å². The van der Waals surface area contributed by atoms with Crippen LogP contribution in [0.15, 0.2) is 24.3 Å². The molecule has 0 saturated heterocycles. The summed E-state index contributed by atoms with van der Waals surface area (Å²) in [5, 5.41) is 0. The molecule has 0 aromatic heterocycles. The van der Waals surface area contributed by atoms with Crippen LogP contribution in [0.3, 0.4) is 0 Å². The summed E-state index contributed by atoms with van der Waals surface area (Å²) in [5.74, 6) is 0.935. The summed E-state index contributed by atoms with van der Waals surface area (Å²) < 4.78 is 10.9. The summed E-state index contributed by atoms with van der Waals surface area (Å²) in [5.41, 5.74) is 1.12. The average Bonchev–Trinajstić information content (AvgIpc) is 2.18. The van der Waals surface area contributed by atoms with E-state index in [-0.39, 0.29) is 10.9 Å². The molecule has 0 N–H and O–H groups in total. The smallest absolute Gasteiger partial charge is 0.125 e. The van der Waals surface area contributed by atoms with Crippen LogP contribution < -0.4 is 4.74 Å². The second-order valence-electron chi connectivity index (χ2n) is 3.02. The molecule has 70 valence electrons. The van der Waals surface area contributed by atoms with Crippen molar-refractivity contribution in [2.45, 2.75) is 10.9 Å². The molecular formula is C10H11BrO2. The largest absolute Gasteiger partial charge is 0.492 e. The number of ether oxygens (including phenoxy) is 2. The molecule has 0 aliphatic carbocycles. The molecule has 2 rings (SSSR count). The first kappa shape index (κ1) is 9.03. The molecule has 0 fully saturated rings. The monoisotopic (exact) mass is 242 g/mol. The maximum atomic E-state index is 5.54. The third-order valence-electron chi connectivity index (χ3n) is 2.21. The van der Waals surface area contributed by atoms with Gasteiger partial charge < -0.3 is 9.47 Å². The highest BCUT2D eigenvalue weighted by molar-refractivity contribution is 9.09. The van der Waals surface area contributed by atoms with Crippen molar-refractivity contribution in [1.82, 2.24) is 0 Å². The Morgan fingerprint density at radius 3 is 3.00 bits per heavy atom. The van der Waals surface area contributed by atoms with Crippen LogP contribution in [0.2, 0.25) is 0 Å². The van der Waals surface area contributed by atoms with Crippen LogP contribution >= 0.6 is 15.9 Å². The van der Waals surface area contributed by atoms with E-state index in [1.807, 2.05) is 24.3 Å². The molecule has 0 spiro atoms. The second-order valence-corrected chi connectivity index (χ2v) is 4.20. The van der Waals surface area contributed by atoms with Gasteiger partial charge in [0.15, 0.2) is 0 Å². The minimum absolute atomic E-state index is 0.102. The number of hydrogen-bond acceptors (Lipinski definition) is 2. The van der Waals surface area contributed by atoms with Crippen molar-refractivity contribution in [2.24, 2.45) is 0 Å². The molecule has 13 heavy (non-hydrogen) atoms. The Kier molecular flexibility index (Phi) is 2.56. The van der Waals surface area contributed by atoms with E-state index in [1.54, 1.807) is 7.11 Å². The van der Waals surface area contributed by atoms with E-state index in [0.717, 1.165) is 11.3 Å². The van der Waals surface area contributed by atoms with Gasteiger partial charge in [-0.25, -0.2) is 0 Å². The molecular weight excluding hydrogens is 232 g/mol. The van der Waals surface area contributed by atoms with Crippen LogP contribution in [0, 0.1) is 0 Å². The molecule has 1 aliphatic heterocycles. The molecule has 0 bridgehead atoms. The molecule has 0 saturated carbocycles. The Morgan fingerprint density at radius 1 is 1.46 bits per heavy atom. The van der Waals surface area contributed by atoms with Crippen molar-refractivity contribution < 1.29 is 9.47 Å². The molecule has 1 heterocycles. The molecule has 2 atom stereocenters. The number of para-hydroxylation sites is 1. The summed E-state index contributed by atoms with van der Waals surface area (Å²) in [6.45, 7) is 0.662. The first-order valence-corrected chi connectivity index (χ1v) is 5.13. The standard InChI is InChI=1S/C10H11BrO2/c1-12-10-7-4-2-3-5-9(7)13-6-8(10)11/h2-5,8,10H,6H2,1H3. The number of rotatable bonds is 1. The van der Waals surface area contributed by atoms with Gasteiger partial charge in [0, 0.05) is 12.7 Å². The van der Waals surface area contributed by atoms with Crippen molar-refractivity contribution in [1.29, 1.82) is 0 Å². The minimum Gasteiger partial charge on any atom is -0.492 e. The lowest BCUT2D eigenvalue weighted by Gasteiger charge is -2.28. The van der Waals surface area contributed by atoms with Crippen LogP contribution in [0.4, 0.5) is 0 Å². The Labute approximate surface area is 86.0 Å². The molecule has 1 aliphatic rings. The zero-order valence-corrected chi connectivity index (χ0v) is 8.95. The third-order valence-corrected chi connectivity index (χ3v) is 2.95. The minimum atomic E-state index is 0.102. The van der Waals surface area contributed by atoms with Gasteiger partial charge in [0.1, 0.15) is 18.5 Å². The van der Waals surface area contributed by atoms with Crippen LogP contribution in [0.5, 0.6) is 5.75 Å². The number of alkyl halides is 1. The van der Waals surface area contributed by atoms with Gasteiger partial charge in [-0.2, -0.15) is 0 Å². The number of benzene rings is 1. The van der Waals surface area contributed by atoms with Gasteiger partial charge >= 0.3 is 0 Å². The van der Waals surface area contributed by atoms with E-state index in [4.69, 9.17) is 9.47 Å². The molecule has 3 heteroatoms. The van der Waals surface area contributed by atoms with Crippen molar-refractivity contribution in [2.75, 3.05) is 13.7 Å². The van der Waals surface area contributed by atoms with Crippen molar-refractivity contribution in [3.8, 4) is 5.75 Å². The van der Waals surface area contributed by atoms with Crippen LogP contribution in [0.25, 0.3) is 0 Å². The van der Waals surface area contributed by atoms with Gasteiger partial charge in [0.05, 0.1) is 4.83 Å². The predicted molar refractivity (Wildman–Crippen MR) is 54.4 cm³/mol. The maximum Gasteiger partial charge on any atom is 0.125 e. The summed E-state index contributed by atoms with van der Waals surface area (Å²) in [4.78, 5) is 0.243. The van der Waals surface area contributed by atoms with Crippen molar-refractivity contribution in [3.63, 3.8) is 0 Å². The van der Waals surface area contributed by atoms with Gasteiger partial charge in [-0.3, -0.25) is 0 Å². The summed E-state index contributed by atoms with van der Waals surface area (Å²) >= 11 is 3.53. The summed E-state index contributed by atoms with van der Waals surface area (Å²) in [6.07, 6.45) is 0.102. The molecule has 1 aromatic carbocycles. The number of hydrogen-bond donors (Lipinski definition) is 0. The van der Waals surface area contributed by atoms with Gasteiger partial charge in [-0.1, -0.05) is 34.1 Å². The zero-order valence-electron chi connectivity index (χ0n) is 7.37. The summed E-state index contributed by atoms with van der Waals surface area (Å²) in [7, 11) is 1.72. The molecule has 2 nitrogen and oxygen atoms in total. The number of fused-ring (bicyclic) bond motifs is 1. The maximum absolute atomic E-state index is 5.54. The number of halogens is 1. The molecule has 2 unspecified atom stereocenters. The predicted octanol–water partition coefficient (Wildman–Crippen LogP) is 2.53. The first-order valence-electron chi connectivity index (χ1n) is 4.21. The van der Waals surface area contributed by atoms with E-state index in [0.29, 0.717) is 6.61 Å². The highest BCUT2D eigenvalue weighted by Gasteiger charge is 2.28. The van der Waals surface area contributed by atoms with E-state index in [9.17, 15) is 0 Å². The molecule has 1 aromatic rings. The highest BCUT2D eigenvalue weighted by atomic mass is 79.9. The second kappa shape index (κ2) is 3.68. The fraction of sp³-hybridized carbons (Fsp3) is 0.400. The van der Waals surface area contributed by atoms with Crippen molar-refractivity contribution >= 4 is 15.9 Å². The van der Waals surface area contributed by atoms with Crippen LogP contribution in [0.1, 0.15) is 11.7 Å². The normalized spacial score (nSPS) is 26.3. The molecule has 0 amide bonds. The molecule has 0 radical (unpaired) electrons. The van der Waals surface area contributed by atoms with E-state index < -0.39 is 0 Å². The topological polar surface area (TPSA) is 18.5 Å². The Hall–Kier alpha value is -0.540. The lowest BCUT2D eigenvalue weighted by atomic mass is 10.0. The highest BCUT2D eigenvalue weighted by Crippen LogP contribution is 2.36. The first-order chi connectivity index (χ1) is 6.33. The Morgan fingerprint density at radius 2 is 2.23 bits per heavy atom. The van der Waals surface area contributed by atoms with Crippen molar-refractivity contribution in [3.05, 3.63) is 29.8 Å².